The van der Waals surface area contributed by atoms with Crippen molar-refractivity contribution in [2.75, 3.05) is 7.11 Å². The van der Waals surface area contributed by atoms with Crippen molar-refractivity contribution >= 4 is 16.9 Å². The highest BCUT2D eigenvalue weighted by Crippen LogP contribution is 2.27. The van der Waals surface area contributed by atoms with Gasteiger partial charge in [-0.3, -0.25) is 0 Å². The summed E-state index contributed by atoms with van der Waals surface area (Å²) in [4.78, 5) is 12.4. The fourth-order valence-corrected chi connectivity index (χ4v) is 2.96. The summed E-state index contributed by atoms with van der Waals surface area (Å²) < 4.78 is 29.8. The van der Waals surface area contributed by atoms with Gasteiger partial charge in [0, 0.05) is 17.9 Å². The number of ether oxygens (including phenoxy) is 2. The molecule has 0 atom stereocenters. The Morgan fingerprint density at radius 2 is 1.86 bits per heavy atom. The minimum Gasteiger partial charge on any atom is -0.496 e. The minimum atomic E-state index is -0.539. The van der Waals surface area contributed by atoms with Gasteiger partial charge in [0.25, 0.3) is 0 Å². The maximum atomic E-state index is 13.9. The second-order valence-corrected chi connectivity index (χ2v) is 6.15. The number of esters is 1. The summed E-state index contributed by atoms with van der Waals surface area (Å²) in [7, 11) is 1.49. The molecule has 0 aliphatic carbocycles. The molecule has 4 aromatic rings. The molecule has 0 bridgehead atoms. The summed E-state index contributed by atoms with van der Waals surface area (Å²) in [6.07, 6.45) is 0.306. The van der Waals surface area contributed by atoms with Crippen molar-refractivity contribution in [2.45, 2.75) is 6.42 Å². The smallest absolute Gasteiger partial charge is 0.347 e. The molecule has 6 heteroatoms. The van der Waals surface area contributed by atoms with Gasteiger partial charge in [-0.15, -0.1) is 0 Å². The molecule has 0 saturated carbocycles. The molecule has 3 aromatic carbocycles. The van der Waals surface area contributed by atoms with Crippen LogP contribution in [0.15, 0.2) is 71.3 Å². The predicted octanol–water partition coefficient (Wildman–Crippen LogP) is 4.79. The second-order valence-electron chi connectivity index (χ2n) is 6.15. The second kappa shape index (κ2) is 7.52. The zero-order chi connectivity index (χ0) is 19.5. The van der Waals surface area contributed by atoms with Crippen molar-refractivity contribution < 1.29 is 23.2 Å². The van der Waals surface area contributed by atoms with Gasteiger partial charge in [0.1, 0.15) is 22.9 Å². The lowest BCUT2D eigenvalue weighted by atomic mass is 10.1. The molecule has 0 amide bonds. The fraction of sp³-hybridized carbons (Fsp3) is 0.0909. The zero-order valence-electron chi connectivity index (χ0n) is 15.0. The Bertz CT molecular complexity index is 1150. The number of hydrogen-bond donors (Lipinski definition) is 0. The summed E-state index contributed by atoms with van der Waals surface area (Å²) in [5.74, 6) is -0.0821. The monoisotopic (exact) mass is 377 g/mol. The number of benzene rings is 3. The topological polar surface area (TPSA) is 61.6 Å². The molecule has 28 heavy (non-hydrogen) atoms. The first-order valence-electron chi connectivity index (χ1n) is 8.62. The van der Waals surface area contributed by atoms with Gasteiger partial charge in [0.2, 0.25) is 0 Å². The van der Waals surface area contributed by atoms with Crippen molar-refractivity contribution in [3.05, 3.63) is 89.4 Å². The molecular formula is C22H16FNO4. The average Bonchev–Trinajstić information content (AvgIpc) is 3.11. The molecule has 0 aliphatic rings. The highest BCUT2D eigenvalue weighted by Gasteiger charge is 2.16. The molecule has 0 aliphatic heterocycles. The summed E-state index contributed by atoms with van der Waals surface area (Å²) in [6.45, 7) is 0. The van der Waals surface area contributed by atoms with Gasteiger partial charge in [0.15, 0.2) is 5.58 Å². The Kier molecular flexibility index (Phi) is 4.76. The van der Waals surface area contributed by atoms with E-state index in [0.717, 1.165) is 5.39 Å². The third-order valence-corrected chi connectivity index (χ3v) is 4.37. The lowest BCUT2D eigenvalue weighted by Gasteiger charge is -2.08. The third-order valence-electron chi connectivity index (χ3n) is 4.37. The standard InChI is InChI=1S/C22H16FNO4/c1-26-20-9-5-3-7-17(20)22(25)27-15-10-11-16-19(24-28-21(16)13-15)12-14-6-2-4-8-18(14)23/h2-11,13H,12H2,1H3. The first-order valence-corrected chi connectivity index (χ1v) is 8.62. The number of halogens is 1. The molecule has 140 valence electrons. The highest BCUT2D eigenvalue weighted by atomic mass is 19.1. The molecule has 0 radical (unpaired) electrons. The van der Waals surface area contributed by atoms with E-state index in [1.807, 2.05) is 0 Å². The van der Waals surface area contributed by atoms with E-state index in [-0.39, 0.29) is 5.82 Å². The van der Waals surface area contributed by atoms with Crippen LogP contribution in [-0.2, 0) is 6.42 Å². The molecule has 5 nitrogen and oxygen atoms in total. The van der Waals surface area contributed by atoms with E-state index >= 15 is 0 Å². The van der Waals surface area contributed by atoms with Crippen molar-refractivity contribution in [3.63, 3.8) is 0 Å². The van der Waals surface area contributed by atoms with Crippen LogP contribution in [-0.4, -0.2) is 18.2 Å². The Morgan fingerprint density at radius 1 is 1.07 bits per heavy atom. The van der Waals surface area contributed by atoms with Crippen LogP contribution < -0.4 is 9.47 Å². The summed E-state index contributed by atoms with van der Waals surface area (Å²) in [5.41, 5.74) is 1.92. The van der Waals surface area contributed by atoms with Crippen molar-refractivity contribution in [2.24, 2.45) is 0 Å². The Balaban J connectivity index is 1.58. The normalized spacial score (nSPS) is 10.8. The van der Waals surface area contributed by atoms with E-state index in [4.69, 9.17) is 14.0 Å². The zero-order valence-corrected chi connectivity index (χ0v) is 15.0. The molecule has 1 heterocycles. The largest absolute Gasteiger partial charge is 0.496 e. The van der Waals surface area contributed by atoms with Gasteiger partial charge >= 0.3 is 5.97 Å². The van der Waals surface area contributed by atoms with E-state index < -0.39 is 5.97 Å². The van der Waals surface area contributed by atoms with Crippen LogP contribution >= 0.6 is 0 Å². The van der Waals surface area contributed by atoms with Gasteiger partial charge in [-0.1, -0.05) is 35.5 Å². The van der Waals surface area contributed by atoms with Crippen LogP contribution in [0.3, 0.4) is 0 Å². The van der Waals surface area contributed by atoms with Gasteiger partial charge in [-0.2, -0.15) is 0 Å². The Hall–Kier alpha value is -3.67. The fourth-order valence-electron chi connectivity index (χ4n) is 2.96. The van der Waals surface area contributed by atoms with Gasteiger partial charge in [-0.25, -0.2) is 9.18 Å². The number of hydrogen-bond acceptors (Lipinski definition) is 5. The van der Waals surface area contributed by atoms with E-state index in [1.54, 1.807) is 60.7 Å². The number of aromatic nitrogens is 1. The molecule has 0 fully saturated rings. The van der Waals surface area contributed by atoms with Crippen LogP contribution in [0.5, 0.6) is 11.5 Å². The minimum absolute atomic E-state index is 0.291. The predicted molar refractivity (Wildman–Crippen MR) is 101 cm³/mol. The van der Waals surface area contributed by atoms with Crippen molar-refractivity contribution in [1.29, 1.82) is 0 Å². The van der Waals surface area contributed by atoms with Crippen molar-refractivity contribution in [1.82, 2.24) is 5.16 Å². The number of para-hydroxylation sites is 1. The van der Waals surface area contributed by atoms with Crippen LogP contribution in [0.1, 0.15) is 21.6 Å². The van der Waals surface area contributed by atoms with Crippen molar-refractivity contribution in [3.8, 4) is 11.5 Å². The molecule has 1 aromatic heterocycles. The first-order chi connectivity index (χ1) is 13.7. The SMILES string of the molecule is COc1ccccc1C(=O)Oc1ccc2c(Cc3ccccc3F)noc2c1. The average molecular weight is 377 g/mol. The third kappa shape index (κ3) is 3.44. The van der Waals surface area contributed by atoms with Gasteiger partial charge < -0.3 is 14.0 Å². The van der Waals surface area contributed by atoms with E-state index in [1.165, 1.54) is 13.2 Å². The quantitative estimate of drug-likeness (QED) is 0.370. The molecule has 0 spiro atoms. The molecule has 0 unspecified atom stereocenters. The van der Waals surface area contributed by atoms with Crippen LogP contribution in [0, 0.1) is 5.82 Å². The van der Waals surface area contributed by atoms with E-state index in [9.17, 15) is 9.18 Å². The van der Waals surface area contributed by atoms with Gasteiger partial charge in [-0.05, 0) is 35.9 Å². The molecular weight excluding hydrogens is 361 g/mol. The molecule has 4 rings (SSSR count). The number of fused-ring (bicyclic) bond motifs is 1. The number of methoxy groups -OCH3 is 1. The summed E-state index contributed by atoms with van der Waals surface area (Å²) in [6, 6.07) is 18.3. The number of carbonyl (C=O) groups is 1. The lowest BCUT2D eigenvalue weighted by molar-refractivity contribution is 0.0731. The van der Waals surface area contributed by atoms with Crippen LogP contribution in [0.4, 0.5) is 4.39 Å². The molecule has 0 N–H and O–H groups in total. The maximum Gasteiger partial charge on any atom is 0.347 e. The Labute approximate surface area is 160 Å². The summed E-state index contributed by atoms with van der Waals surface area (Å²) >= 11 is 0. The molecule has 0 saturated heterocycles. The van der Waals surface area contributed by atoms with Crippen LogP contribution in [0.2, 0.25) is 0 Å². The number of rotatable bonds is 5. The maximum absolute atomic E-state index is 13.9. The highest BCUT2D eigenvalue weighted by molar-refractivity contribution is 5.94. The van der Waals surface area contributed by atoms with E-state index in [0.29, 0.717) is 40.3 Å². The number of nitrogens with zero attached hydrogens (tertiary/aromatic N) is 1. The first kappa shape index (κ1) is 17.7. The van der Waals surface area contributed by atoms with Gasteiger partial charge in [0.05, 0.1) is 12.8 Å². The van der Waals surface area contributed by atoms with Crippen LogP contribution in [0.25, 0.3) is 11.0 Å². The van der Waals surface area contributed by atoms with E-state index in [2.05, 4.69) is 5.16 Å². The number of carbonyl (C=O) groups excluding carboxylic acids is 1. The Morgan fingerprint density at radius 3 is 2.68 bits per heavy atom. The summed E-state index contributed by atoms with van der Waals surface area (Å²) in [5, 5.41) is 4.77. The lowest BCUT2D eigenvalue weighted by Crippen LogP contribution is -2.09.